The van der Waals surface area contributed by atoms with Gasteiger partial charge in [0, 0.05) is 17.8 Å². The minimum absolute atomic E-state index is 0.150. The Kier molecular flexibility index (Phi) is 18.9. The first-order valence-corrected chi connectivity index (χ1v) is 22.7. The molecule has 0 radical (unpaired) electrons. The molecule has 6 N–H and O–H groups in total. The topological polar surface area (TPSA) is 145 Å². The van der Waals surface area contributed by atoms with Crippen LogP contribution in [0, 0.1) is 23.7 Å². The van der Waals surface area contributed by atoms with E-state index in [1.54, 1.807) is 12.1 Å². The number of carbonyl (C=O) groups excluding carboxylic acids is 2. The number of nitrogen functional groups attached to an aromatic ring is 2. The van der Waals surface area contributed by atoms with E-state index in [0.29, 0.717) is 36.3 Å². The number of allylic oxidation sites excluding steroid dienone is 3. The van der Waals surface area contributed by atoms with Crippen LogP contribution in [-0.2, 0) is 9.59 Å². The SMILES string of the molecule is C=CCCCCC1CCC(COc2ccc(/C=C/C(=O)CC(c3ccc(N)cc3N)C(O)(O)C(=O)/C=C/c3ccc(OCC4CCC(CCCCC=C)CC4)cc3)cc2)CC1. The third-order valence-corrected chi connectivity index (χ3v) is 12.8. The molecule has 3 aromatic carbocycles. The van der Waals surface area contributed by atoms with Gasteiger partial charge in [-0.1, -0.05) is 106 Å². The van der Waals surface area contributed by atoms with Crippen LogP contribution < -0.4 is 20.9 Å². The number of hydrogen-bond acceptors (Lipinski definition) is 8. The average Bonchev–Trinajstić information content (AvgIpc) is 3.27. The molecule has 0 bridgehead atoms. The number of benzene rings is 3. The molecule has 0 saturated heterocycles. The number of carbonyl (C=O) groups is 2. The summed E-state index contributed by atoms with van der Waals surface area (Å²) in [5.74, 6) is -1.40. The van der Waals surface area contributed by atoms with Gasteiger partial charge in [0.05, 0.1) is 19.1 Å². The van der Waals surface area contributed by atoms with Gasteiger partial charge >= 0.3 is 0 Å². The van der Waals surface area contributed by atoms with Gasteiger partial charge in [0.15, 0.2) is 5.78 Å². The summed E-state index contributed by atoms with van der Waals surface area (Å²) in [6.07, 6.45) is 29.0. The summed E-state index contributed by atoms with van der Waals surface area (Å²) in [5.41, 5.74) is 14.4. The molecule has 0 amide bonds. The molecule has 8 heteroatoms. The molecule has 5 rings (SSSR count). The lowest BCUT2D eigenvalue weighted by molar-refractivity contribution is -0.187. The van der Waals surface area contributed by atoms with Crippen LogP contribution in [0.4, 0.5) is 11.4 Å². The lowest BCUT2D eigenvalue weighted by Crippen LogP contribution is -2.44. The fourth-order valence-electron chi connectivity index (χ4n) is 8.90. The number of unbranched alkanes of at least 4 members (excludes halogenated alkanes) is 4. The standard InChI is InChI=1S/C53H70N2O6/c1-3-5-7-9-11-39-13-17-43(18-14-39)37-60-47-29-22-41(23-30-47)21-28-46(56)36-50(49-33-27-45(54)35-51(49)55)53(58,59)52(57)34-26-42-24-31-48(32-25-42)61-38-44-19-15-40(16-20-44)12-10-8-6-4-2/h3-4,21-35,39-40,43-44,50,58-59H,1-2,5-20,36-38,54-55H2/b28-21+,34-26+. The van der Waals surface area contributed by atoms with Gasteiger partial charge in [-0.05, 0) is 140 Å². The van der Waals surface area contributed by atoms with Crippen molar-refractivity contribution in [3.8, 4) is 11.5 Å². The molecule has 328 valence electrons. The molecule has 61 heavy (non-hydrogen) atoms. The first-order chi connectivity index (χ1) is 29.5. The van der Waals surface area contributed by atoms with Crippen molar-refractivity contribution in [2.75, 3.05) is 24.7 Å². The van der Waals surface area contributed by atoms with Crippen LogP contribution in [0.1, 0.15) is 132 Å². The van der Waals surface area contributed by atoms with Gasteiger partial charge in [-0.25, -0.2) is 0 Å². The molecule has 0 heterocycles. The van der Waals surface area contributed by atoms with Crippen molar-refractivity contribution in [2.24, 2.45) is 23.7 Å². The Bertz CT molecular complexity index is 1880. The molecule has 2 aliphatic carbocycles. The summed E-state index contributed by atoms with van der Waals surface area (Å²) in [7, 11) is 0. The van der Waals surface area contributed by atoms with Gasteiger partial charge in [0.25, 0.3) is 0 Å². The van der Waals surface area contributed by atoms with E-state index < -0.39 is 23.3 Å². The highest BCUT2D eigenvalue weighted by molar-refractivity contribution is 6.01. The molecule has 1 atom stereocenters. The first kappa shape index (κ1) is 47.1. The van der Waals surface area contributed by atoms with E-state index >= 15 is 0 Å². The summed E-state index contributed by atoms with van der Waals surface area (Å²) in [4.78, 5) is 26.9. The lowest BCUT2D eigenvalue weighted by atomic mass is 9.80. The molecule has 1 unspecified atom stereocenters. The Morgan fingerprint density at radius 3 is 1.57 bits per heavy atom. The van der Waals surface area contributed by atoms with E-state index in [9.17, 15) is 19.8 Å². The molecule has 0 spiro atoms. The van der Waals surface area contributed by atoms with E-state index in [2.05, 4.69) is 13.2 Å². The number of anilines is 2. The second-order valence-electron chi connectivity index (χ2n) is 17.5. The zero-order chi connectivity index (χ0) is 43.5. The number of ether oxygens (including phenoxy) is 2. The van der Waals surface area contributed by atoms with Crippen molar-refractivity contribution in [2.45, 2.75) is 121 Å². The Labute approximate surface area is 364 Å². The van der Waals surface area contributed by atoms with Gasteiger partial charge in [0.1, 0.15) is 11.5 Å². The number of aliphatic hydroxyl groups is 2. The van der Waals surface area contributed by atoms with E-state index in [-0.39, 0.29) is 17.7 Å². The molecule has 0 aromatic heterocycles. The largest absolute Gasteiger partial charge is 0.493 e. The fraction of sp³-hybridized carbons (Fsp3) is 0.472. The zero-order valence-corrected chi connectivity index (χ0v) is 36.2. The predicted molar refractivity (Wildman–Crippen MR) is 250 cm³/mol. The van der Waals surface area contributed by atoms with E-state index in [1.807, 2.05) is 60.7 Å². The summed E-state index contributed by atoms with van der Waals surface area (Å²) < 4.78 is 12.2. The van der Waals surface area contributed by atoms with Crippen molar-refractivity contribution in [3.63, 3.8) is 0 Å². The molecule has 2 fully saturated rings. The quantitative estimate of drug-likeness (QED) is 0.0217. The summed E-state index contributed by atoms with van der Waals surface area (Å²) >= 11 is 0. The van der Waals surface area contributed by atoms with E-state index in [0.717, 1.165) is 47.8 Å². The smallest absolute Gasteiger partial charge is 0.235 e. The van der Waals surface area contributed by atoms with E-state index in [4.69, 9.17) is 20.9 Å². The monoisotopic (exact) mass is 831 g/mol. The van der Waals surface area contributed by atoms with Crippen molar-refractivity contribution >= 4 is 35.1 Å². The van der Waals surface area contributed by atoms with Gasteiger partial charge in [-0.15, -0.1) is 13.2 Å². The molecular formula is C53H70N2O6. The highest BCUT2D eigenvalue weighted by Crippen LogP contribution is 2.37. The highest BCUT2D eigenvalue weighted by Gasteiger charge is 2.43. The number of rotatable bonds is 25. The van der Waals surface area contributed by atoms with Crippen molar-refractivity contribution in [3.05, 3.63) is 121 Å². The Morgan fingerprint density at radius 1 is 0.656 bits per heavy atom. The maximum absolute atomic E-state index is 13.5. The van der Waals surface area contributed by atoms with Crippen LogP contribution in [0.5, 0.6) is 11.5 Å². The van der Waals surface area contributed by atoms with Crippen LogP contribution in [0.15, 0.2) is 104 Å². The molecule has 0 aliphatic heterocycles. The van der Waals surface area contributed by atoms with Gasteiger partial charge in [-0.2, -0.15) is 0 Å². The fourth-order valence-corrected chi connectivity index (χ4v) is 8.90. The second kappa shape index (κ2) is 24.5. The van der Waals surface area contributed by atoms with Gasteiger partial charge in [0.2, 0.25) is 11.6 Å². The lowest BCUT2D eigenvalue weighted by Gasteiger charge is -2.30. The highest BCUT2D eigenvalue weighted by atomic mass is 16.5. The van der Waals surface area contributed by atoms with Gasteiger partial charge in [-0.3, -0.25) is 9.59 Å². The maximum atomic E-state index is 13.5. The predicted octanol–water partition coefficient (Wildman–Crippen LogP) is 11.4. The van der Waals surface area contributed by atoms with Crippen molar-refractivity contribution in [1.29, 1.82) is 0 Å². The average molecular weight is 831 g/mol. The third kappa shape index (κ3) is 15.5. The molecule has 2 aliphatic rings. The zero-order valence-electron chi connectivity index (χ0n) is 36.2. The molecular weight excluding hydrogens is 761 g/mol. The van der Waals surface area contributed by atoms with Gasteiger partial charge < -0.3 is 31.2 Å². The van der Waals surface area contributed by atoms with Crippen molar-refractivity contribution in [1.82, 2.24) is 0 Å². The Morgan fingerprint density at radius 2 is 1.11 bits per heavy atom. The van der Waals surface area contributed by atoms with Crippen LogP contribution >= 0.6 is 0 Å². The van der Waals surface area contributed by atoms with Crippen LogP contribution in [-0.4, -0.2) is 40.8 Å². The first-order valence-electron chi connectivity index (χ1n) is 22.7. The van der Waals surface area contributed by atoms with Crippen LogP contribution in [0.3, 0.4) is 0 Å². The van der Waals surface area contributed by atoms with Crippen LogP contribution in [0.25, 0.3) is 12.2 Å². The van der Waals surface area contributed by atoms with E-state index in [1.165, 1.54) is 114 Å². The van der Waals surface area contributed by atoms with Crippen LogP contribution in [0.2, 0.25) is 0 Å². The third-order valence-electron chi connectivity index (χ3n) is 12.8. The minimum atomic E-state index is -2.94. The number of ketones is 2. The normalized spacial score (nSPS) is 20.0. The maximum Gasteiger partial charge on any atom is 0.235 e. The number of hydrogen-bond donors (Lipinski definition) is 4. The summed E-state index contributed by atoms with van der Waals surface area (Å²) in [6, 6.07) is 19.4. The molecule has 2 saturated carbocycles. The summed E-state index contributed by atoms with van der Waals surface area (Å²) in [5, 5.41) is 22.8. The molecule has 8 nitrogen and oxygen atoms in total. The van der Waals surface area contributed by atoms with Crippen molar-refractivity contribution < 1.29 is 29.3 Å². The number of nitrogens with two attached hydrogens (primary N) is 2. The minimum Gasteiger partial charge on any atom is -0.493 e. The summed E-state index contributed by atoms with van der Waals surface area (Å²) in [6.45, 7) is 9.01. The second-order valence-corrected chi connectivity index (χ2v) is 17.5. The Hall–Kier alpha value is -4.92. The Balaban J connectivity index is 1.11. The molecule has 3 aromatic rings.